The number of benzene rings is 1. The molecule has 2 nitrogen and oxygen atoms in total. The fraction of sp³-hybridized carbons (Fsp3) is 0.154. The third-order valence-electron chi connectivity index (χ3n) is 2.44. The topological polar surface area (TPSA) is 38.9 Å². The Morgan fingerprint density at radius 2 is 1.83 bits per heavy atom. The lowest BCUT2D eigenvalue weighted by Gasteiger charge is -2.16. The van der Waals surface area contributed by atoms with Crippen LogP contribution >= 0.6 is 35.0 Å². The second-order valence-corrected chi connectivity index (χ2v) is 5.66. The fourth-order valence-corrected chi connectivity index (χ4v) is 3.16. The lowest BCUT2D eigenvalue weighted by atomic mass is 10.1. The average Bonchev–Trinajstić information content (AvgIpc) is 2.39. The molecule has 18 heavy (non-hydrogen) atoms. The van der Waals surface area contributed by atoms with Gasteiger partial charge in [0.05, 0.1) is 5.02 Å². The Morgan fingerprint density at radius 3 is 2.50 bits per heavy atom. The molecule has 0 amide bonds. The van der Waals surface area contributed by atoms with E-state index in [0.717, 1.165) is 10.6 Å². The molecule has 5 heteroatoms. The number of pyridine rings is 1. The van der Waals surface area contributed by atoms with Gasteiger partial charge in [0.25, 0.3) is 0 Å². The number of nitrogens with zero attached hydrogens (tertiary/aromatic N) is 1. The molecule has 0 fully saturated rings. The monoisotopic (exact) mass is 298 g/mol. The van der Waals surface area contributed by atoms with E-state index in [4.69, 9.17) is 28.9 Å². The Bertz CT molecular complexity index is 534. The minimum absolute atomic E-state index is 0.0473. The molecule has 2 N–H and O–H groups in total. The molecule has 0 aliphatic heterocycles. The molecule has 1 unspecified atom stereocenters. The summed E-state index contributed by atoms with van der Waals surface area (Å²) in [7, 11) is 0. The van der Waals surface area contributed by atoms with Crippen molar-refractivity contribution in [3.05, 3.63) is 58.2 Å². The van der Waals surface area contributed by atoms with E-state index in [2.05, 4.69) is 4.98 Å². The van der Waals surface area contributed by atoms with Crippen molar-refractivity contribution < 1.29 is 0 Å². The molecule has 1 heterocycles. The van der Waals surface area contributed by atoms with E-state index >= 15 is 0 Å². The maximum Gasteiger partial charge on any atom is 0.115 e. The Kier molecular flexibility index (Phi) is 4.89. The van der Waals surface area contributed by atoms with Gasteiger partial charge in [-0.05, 0) is 23.8 Å². The quantitative estimate of drug-likeness (QED) is 0.861. The van der Waals surface area contributed by atoms with Gasteiger partial charge in [0, 0.05) is 23.0 Å². The normalized spacial score (nSPS) is 12.4. The molecule has 0 bridgehead atoms. The number of halogens is 2. The van der Waals surface area contributed by atoms with Crippen molar-refractivity contribution in [1.82, 2.24) is 4.98 Å². The first-order valence-electron chi connectivity index (χ1n) is 5.44. The maximum absolute atomic E-state index is 6.18. The molecule has 1 aromatic carbocycles. The first-order chi connectivity index (χ1) is 8.72. The molecule has 0 saturated carbocycles. The van der Waals surface area contributed by atoms with E-state index in [1.807, 2.05) is 30.3 Å². The van der Waals surface area contributed by atoms with Gasteiger partial charge in [0.15, 0.2) is 0 Å². The van der Waals surface area contributed by atoms with E-state index in [0.29, 0.717) is 16.6 Å². The lowest BCUT2D eigenvalue weighted by Crippen LogP contribution is -2.10. The minimum Gasteiger partial charge on any atom is -0.329 e. The van der Waals surface area contributed by atoms with Crippen molar-refractivity contribution >= 4 is 35.0 Å². The van der Waals surface area contributed by atoms with Gasteiger partial charge in [0.2, 0.25) is 0 Å². The second kappa shape index (κ2) is 6.43. The minimum atomic E-state index is 0.0473. The van der Waals surface area contributed by atoms with Crippen molar-refractivity contribution in [3.8, 4) is 0 Å². The fourth-order valence-electron chi connectivity index (χ4n) is 1.57. The molecule has 2 rings (SSSR count). The maximum atomic E-state index is 6.18. The smallest absolute Gasteiger partial charge is 0.115 e. The summed E-state index contributed by atoms with van der Waals surface area (Å²) in [6.07, 6.45) is 1.72. The average molecular weight is 299 g/mol. The second-order valence-electron chi connectivity index (χ2n) is 3.65. The van der Waals surface area contributed by atoms with E-state index in [-0.39, 0.29) is 5.25 Å². The molecule has 0 aliphatic rings. The highest BCUT2D eigenvalue weighted by Gasteiger charge is 2.16. The predicted molar refractivity (Wildman–Crippen MR) is 78.4 cm³/mol. The zero-order chi connectivity index (χ0) is 13.0. The van der Waals surface area contributed by atoms with Crippen LogP contribution in [0.4, 0.5) is 0 Å². The van der Waals surface area contributed by atoms with E-state index in [9.17, 15) is 0 Å². The predicted octanol–water partition coefficient (Wildman–Crippen LogP) is 4.18. The van der Waals surface area contributed by atoms with Crippen LogP contribution in [0.15, 0.2) is 47.6 Å². The number of nitrogens with two attached hydrogens (primary N) is 1. The number of aromatic nitrogens is 1. The Morgan fingerprint density at radius 1 is 1.11 bits per heavy atom. The van der Waals surface area contributed by atoms with Gasteiger partial charge in [-0.2, -0.15) is 0 Å². The third-order valence-corrected chi connectivity index (χ3v) is 4.49. The standard InChI is InChI=1S/C13H12Cl2N2S/c14-10-5-2-1-4-9(10)12(8-16)18-13-11(15)6-3-7-17-13/h1-7,12H,8,16H2. The van der Waals surface area contributed by atoms with Crippen LogP contribution in [-0.2, 0) is 0 Å². The van der Waals surface area contributed by atoms with Gasteiger partial charge in [-0.3, -0.25) is 0 Å². The third kappa shape index (κ3) is 3.18. The summed E-state index contributed by atoms with van der Waals surface area (Å²) in [5.41, 5.74) is 6.83. The zero-order valence-corrected chi connectivity index (χ0v) is 11.8. The number of thioether (sulfide) groups is 1. The molecular formula is C13H12Cl2N2S. The molecule has 2 aromatic rings. The van der Waals surface area contributed by atoms with Crippen LogP contribution < -0.4 is 5.73 Å². The summed E-state index contributed by atoms with van der Waals surface area (Å²) in [5, 5.41) is 2.17. The lowest BCUT2D eigenvalue weighted by molar-refractivity contribution is 0.935. The molecule has 0 saturated heterocycles. The highest BCUT2D eigenvalue weighted by molar-refractivity contribution is 7.99. The summed E-state index contributed by atoms with van der Waals surface area (Å²) < 4.78 is 0. The van der Waals surface area contributed by atoms with Crippen LogP contribution in [-0.4, -0.2) is 11.5 Å². The summed E-state index contributed by atoms with van der Waals surface area (Å²) in [6, 6.07) is 11.3. The van der Waals surface area contributed by atoms with Gasteiger partial charge in [-0.25, -0.2) is 4.98 Å². The summed E-state index contributed by atoms with van der Waals surface area (Å²) >= 11 is 13.8. The van der Waals surface area contributed by atoms with Crippen LogP contribution in [0.3, 0.4) is 0 Å². The van der Waals surface area contributed by atoms with Gasteiger partial charge >= 0.3 is 0 Å². The van der Waals surface area contributed by atoms with Crippen LogP contribution in [0.2, 0.25) is 10.0 Å². The first-order valence-corrected chi connectivity index (χ1v) is 7.07. The summed E-state index contributed by atoms with van der Waals surface area (Å²) in [4.78, 5) is 4.25. The number of hydrogen-bond acceptors (Lipinski definition) is 3. The highest BCUT2D eigenvalue weighted by atomic mass is 35.5. The highest BCUT2D eigenvalue weighted by Crippen LogP contribution is 2.38. The molecule has 1 atom stereocenters. The van der Waals surface area contributed by atoms with Crippen molar-refractivity contribution in [3.63, 3.8) is 0 Å². The number of rotatable bonds is 4. The first kappa shape index (κ1) is 13.7. The van der Waals surface area contributed by atoms with E-state index < -0.39 is 0 Å². The SMILES string of the molecule is NCC(Sc1ncccc1Cl)c1ccccc1Cl. The van der Waals surface area contributed by atoms with Crippen molar-refractivity contribution in [1.29, 1.82) is 0 Å². The molecule has 0 spiro atoms. The Hall–Kier alpha value is -0.740. The van der Waals surface area contributed by atoms with Crippen LogP contribution in [0.1, 0.15) is 10.8 Å². The molecule has 0 radical (unpaired) electrons. The van der Waals surface area contributed by atoms with Crippen molar-refractivity contribution in [2.24, 2.45) is 5.73 Å². The van der Waals surface area contributed by atoms with Crippen LogP contribution in [0, 0.1) is 0 Å². The molecular weight excluding hydrogens is 287 g/mol. The van der Waals surface area contributed by atoms with Crippen molar-refractivity contribution in [2.45, 2.75) is 10.3 Å². The zero-order valence-electron chi connectivity index (χ0n) is 9.51. The summed E-state index contributed by atoms with van der Waals surface area (Å²) in [6.45, 7) is 0.474. The van der Waals surface area contributed by atoms with Gasteiger partial charge in [0.1, 0.15) is 5.03 Å². The number of hydrogen-bond donors (Lipinski definition) is 1. The van der Waals surface area contributed by atoms with Crippen LogP contribution in [0.25, 0.3) is 0 Å². The molecule has 1 aromatic heterocycles. The Balaban J connectivity index is 2.26. The van der Waals surface area contributed by atoms with Gasteiger partial charge < -0.3 is 5.73 Å². The Labute approximate surface area is 121 Å². The van der Waals surface area contributed by atoms with E-state index in [1.54, 1.807) is 12.3 Å². The largest absolute Gasteiger partial charge is 0.329 e. The van der Waals surface area contributed by atoms with Crippen LogP contribution in [0.5, 0.6) is 0 Å². The molecule has 0 aliphatic carbocycles. The van der Waals surface area contributed by atoms with E-state index in [1.165, 1.54) is 11.8 Å². The van der Waals surface area contributed by atoms with Gasteiger partial charge in [-0.15, -0.1) is 0 Å². The van der Waals surface area contributed by atoms with Gasteiger partial charge in [-0.1, -0.05) is 53.2 Å². The molecule has 94 valence electrons. The summed E-state index contributed by atoms with van der Waals surface area (Å²) in [5.74, 6) is 0. The van der Waals surface area contributed by atoms with Crippen molar-refractivity contribution in [2.75, 3.05) is 6.54 Å².